The fourth-order valence-electron chi connectivity index (χ4n) is 3.69. The molecular weight excluding hydrogens is 246 g/mol. The van der Waals surface area contributed by atoms with Crippen molar-refractivity contribution in [3.8, 4) is 0 Å². The second kappa shape index (κ2) is 4.59. The van der Waals surface area contributed by atoms with Crippen molar-refractivity contribution >= 4 is 11.0 Å². The molecule has 2 saturated carbocycles. The average Bonchev–Trinajstić information content (AvgIpc) is 3.20. The van der Waals surface area contributed by atoms with Crippen LogP contribution in [0.15, 0.2) is 18.2 Å². The van der Waals surface area contributed by atoms with Crippen LogP contribution in [0.25, 0.3) is 11.0 Å². The summed E-state index contributed by atoms with van der Waals surface area (Å²) in [5.74, 6) is 1.85. The molecule has 20 heavy (non-hydrogen) atoms. The van der Waals surface area contributed by atoms with Crippen LogP contribution in [-0.2, 0) is 5.41 Å². The van der Waals surface area contributed by atoms with Crippen LogP contribution in [0, 0.1) is 0 Å². The number of aromatic amines is 1. The summed E-state index contributed by atoms with van der Waals surface area (Å²) in [4.78, 5) is 8.40. The highest BCUT2D eigenvalue weighted by molar-refractivity contribution is 5.76. The molecular formula is C17H23N3. The van der Waals surface area contributed by atoms with Gasteiger partial charge in [0.2, 0.25) is 0 Å². The molecule has 4 rings (SSSR count). The number of nitrogens with two attached hydrogens (primary N) is 1. The number of benzene rings is 1. The minimum absolute atomic E-state index is 0.268. The molecule has 0 spiro atoms. The third-order valence-electron chi connectivity index (χ3n) is 5.35. The van der Waals surface area contributed by atoms with E-state index in [1.165, 1.54) is 61.9 Å². The molecule has 2 fully saturated rings. The highest BCUT2D eigenvalue weighted by Gasteiger charge is 2.42. The Morgan fingerprint density at radius 1 is 1.20 bits per heavy atom. The fourth-order valence-corrected chi connectivity index (χ4v) is 3.69. The smallest absolute Gasteiger partial charge is 0.110 e. The van der Waals surface area contributed by atoms with E-state index in [-0.39, 0.29) is 5.41 Å². The van der Waals surface area contributed by atoms with Crippen molar-refractivity contribution in [1.29, 1.82) is 0 Å². The van der Waals surface area contributed by atoms with Gasteiger partial charge in [0.15, 0.2) is 0 Å². The summed E-state index contributed by atoms with van der Waals surface area (Å²) in [5, 5.41) is 0. The Labute approximate surface area is 120 Å². The van der Waals surface area contributed by atoms with Gasteiger partial charge in [-0.25, -0.2) is 4.98 Å². The average molecular weight is 269 g/mol. The van der Waals surface area contributed by atoms with Gasteiger partial charge in [-0.1, -0.05) is 25.3 Å². The molecule has 3 nitrogen and oxygen atoms in total. The second-order valence-corrected chi connectivity index (χ2v) is 6.67. The molecule has 0 amide bonds. The lowest BCUT2D eigenvalue weighted by Crippen LogP contribution is -2.19. The lowest BCUT2D eigenvalue weighted by molar-refractivity contribution is 0.431. The van der Waals surface area contributed by atoms with Gasteiger partial charge in [0.1, 0.15) is 5.82 Å². The van der Waals surface area contributed by atoms with Crippen LogP contribution in [0.2, 0.25) is 0 Å². The van der Waals surface area contributed by atoms with Gasteiger partial charge in [0.25, 0.3) is 0 Å². The first-order valence-electron chi connectivity index (χ1n) is 8.01. The van der Waals surface area contributed by atoms with E-state index >= 15 is 0 Å². The molecule has 0 aliphatic heterocycles. The molecule has 3 N–H and O–H groups in total. The number of hydrogen-bond donors (Lipinski definition) is 2. The van der Waals surface area contributed by atoms with Gasteiger partial charge in [-0.3, -0.25) is 0 Å². The molecule has 1 aromatic heterocycles. The Morgan fingerprint density at radius 2 is 2.00 bits per heavy atom. The maximum atomic E-state index is 5.94. The number of H-pyrrole nitrogens is 1. The molecule has 0 saturated heterocycles. The predicted octanol–water partition coefficient (Wildman–Crippen LogP) is 3.60. The van der Waals surface area contributed by atoms with E-state index in [1.54, 1.807) is 0 Å². The molecule has 1 heterocycles. The Balaban J connectivity index is 1.68. The molecule has 0 bridgehead atoms. The van der Waals surface area contributed by atoms with E-state index in [0.29, 0.717) is 5.92 Å². The Hall–Kier alpha value is -1.35. The van der Waals surface area contributed by atoms with Crippen LogP contribution in [0.1, 0.15) is 62.3 Å². The zero-order valence-electron chi connectivity index (χ0n) is 12.0. The van der Waals surface area contributed by atoms with Gasteiger partial charge < -0.3 is 10.7 Å². The van der Waals surface area contributed by atoms with Crippen molar-refractivity contribution in [1.82, 2.24) is 9.97 Å². The van der Waals surface area contributed by atoms with E-state index in [2.05, 4.69) is 23.2 Å². The van der Waals surface area contributed by atoms with Crippen LogP contribution >= 0.6 is 0 Å². The lowest BCUT2D eigenvalue weighted by Gasteiger charge is -2.19. The lowest BCUT2D eigenvalue weighted by atomic mass is 9.89. The number of rotatable bonds is 3. The monoisotopic (exact) mass is 269 g/mol. The number of hydrogen-bond acceptors (Lipinski definition) is 2. The summed E-state index contributed by atoms with van der Waals surface area (Å²) >= 11 is 0. The highest BCUT2D eigenvalue weighted by atomic mass is 14.9. The zero-order chi connectivity index (χ0) is 13.6. The normalized spacial score (nSPS) is 22.2. The van der Waals surface area contributed by atoms with Crippen molar-refractivity contribution in [2.75, 3.05) is 6.54 Å². The van der Waals surface area contributed by atoms with E-state index in [1.807, 2.05) is 0 Å². The van der Waals surface area contributed by atoms with Gasteiger partial charge >= 0.3 is 0 Å². The minimum Gasteiger partial charge on any atom is -0.342 e. The molecule has 0 atom stereocenters. The molecule has 2 aliphatic rings. The van der Waals surface area contributed by atoms with E-state index in [0.717, 1.165) is 12.1 Å². The Bertz CT molecular complexity index is 618. The third kappa shape index (κ3) is 1.96. The van der Waals surface area contributed by atoms with Crippen LogP contribution in [0.5, 0.6) is 0 Å². The number of nitrogens with zero attached hydrogens (tertiary/aromatic N) is 1. The first-order chi connectivity index (χ1) is 9.81. The van der Waals surface area contributed by atoms with E-state index in [4.69, 9.17) is 10.7 Å². The molecule has 2 aliphatic carbocycles. The predicted molar refractivity (Wildman–Crippen MR) is 81.9 cm³/mol. The van der Waals surface area contributed by atoms with Crippen molar-refractivity contribution in [3.63, 3.8) is 0 Å². The molecule has 3 heteroatoms. The minimum atomic E-state index is 0.268. The molecule has 2 aromatic rings. The number of fused-ring (bicyclic) bond motifs is 1. The maximum Gasteiger partial charge on any atom is 0.110 e. The fraction of sp³-hybridized carbons (Fsp3) is 0.588. The summed E-state index contributed by atoms with van der Waals surface area (Å²) in [6.07, 6.45) is 9.14. The first-order valence-corrected chi connectivity index (χ1v) is 8.01. The summed E-state index contributed by atoms with van der Waals surface area (Å²) < 4.78 is 0. The summed E-state index contributed by atoms with van der Waals surface area (Å²) in [7, 11) is 0. The summed E-state index contributed by atoms with van der Waals surface area (Å²) in [6, 6.07) is 6.69. The van der Waals surface area contributed by atoms with Gasteiger partial charge in [-0.15, -0.1) is 0 Å². The number of imidazole rings is 1. The van der Waals surface area contributed by atoms with Crippen molar-refractivity contribution < 1.29 is 0 Å². The van der Waals surface area contributed by atoms with Gasteiger partial charge in [-0.2, -0.15) is 0 Å². The highest BCUT2D eigenvalue weighted by Crippen LogP contribution is 2.47. The molecule has 1 aromatic carbocycles. The van der Waals surface area contributed by atoms with Crippen LogP contribution in [0.4, 0.5) is 0 Å². The van der Waals surface area contributed by atoms with Gasteiger partial charge in [0, 0.05) is 17.9 Å². The van der Waals surface area contributed by atoms with Crippen molar-refractivity contribution in [3.05, 3.63) is 29.6 Å². The van der Waals surface area contributed by atoms with Crippen LogP contribution < -0.4 is 5.73 Å². The number of nitrogens with one attached hydrogen (secondary N) is 1. The van der Waals surface area contributed by atoms with Crippen LogP contribution in [0.3, 0.4) is 0 Å². The van der Waals surface area contributed by atoms with Crippen molar-refractivity contribution in [2.24, 2.45) is 5.73 Å². The van der Waals surface area contributed by atoms with Gasteiger partial charge in [-0.05, 0) is 43.4 Å². The SMILES string of the molecule is NCC1(c2ccc3nc(C4CCCCC4)[nH]c3c2)CC1. The zero-order valence-corrected chi connectivity index (χ0v) is 12.0. The molecule has 0 unspecified atom stereocenters. The second-order valence-electron chi connectivity index (χ2n) is 6.67. The molecule has 0 radical (unpaired) electrons. The maximum absolute atomic E-state index is 5.94. The van der Waals surface area contributed by atoms with Crippen LogP contribution in [-0.4, -0.2) is 16.5 Å². The van der Waals surface area contributed by atoms with Crippen molar-refractivity contribution in [2.45, 2.75) is 56.3 Å². The standard InChI is InChI=1S/C17H23N3/c18-11-17(8-9-17)13-6-7-14-15(10-13)20-16(19-14)12-4-2-1-3-5-12/h6-7,10,12H,1-5,8-9,11,18H2,(H,19,20). The number of aromatic nitrogens is 2. The topological polar surface area (TPSA) is 54.7 Å². The molecule has 106 valence electrons. The largest absolute Gasteiger partial charge is 0.342 e. The third-order valence-corrected chi connectivity index (χ3v) is 5.35. The summed E-state index contributed by atoms with van der Waals surface area (Å²) in [6.45, 7) is 0.766. The van der Waals surface area contributed by atoms with E-state index in [9.17, 15) is 0 Å². The quantitative estimate of drug-likeness (QED) is 0.894. The Kier molecular flexibility index (Phi) is 2.84. The summed E-state index contributed by atoms with van der Waals surface area (Å²) in [5.41, 5.74) is 9.91. The first kappa shape index (κ1) is 12.4. The van der Waals surface area contributed by atoms with Gasteiger partial charge in [0.05, 0.1) is 11.0 Å². The Morgan fingerprint density at radius 3 is 2.70 bits per heavy atom. The van der Waals surface area contributed by atoms with E-state index < -0.39 is 0 Å².